The van der Waals surface area contributed by atoms with Gasteiger partial charge in [0.15, 0.2) is 36.1 Å². The van der Waals surface area contributed by atoms with E-state index in [9.17, 15) is 33.6 Å². The van der Waals surface area contributed by atoms with E-state index in [2.05, 4.69) is 29.9 Å². The number of halogens is 2. The summed E-state index contributed by atoms with van der Waals surface area (Å²) in [5, 5.41) is 9.81. The Bertz CT molecular complexity index is 1990. The van der Waals surface area contributed by atoms with Crippen molar-refractivity contribution in [3.05, 3.63) is 33.4 Å². The monoisotopic (exact) mass is 710 g/mol. The number of nitrogen functional groups attached to an aromatic ring is 2. The maximum Gasteiger partial charge on any atom is 0.534 e. The van der Waals surface area contributed by atoms with Crippen LogP contribution in [0.4, 0.5) is 20.7 Å². The Morgan fingerprint density at radius 3 is 2.55 bits per heavy atom. The molecule has 0 radical (unpaired) electrons. The Balaban J connectivity index is 1.19. The molecule has 0 bridgehead atoms. The summed E-state index contributed by atoms with van der Waals surface area (Å²) in [6.45, 7) is -1.83. The first-order chi connectivity index (χ1) is 22.3. The van der Waals surface area contributed by atoms with Crippen molar-refractivity contribution < 1.29 is 60.6 Å². The smallest absolute Gasteiger partial charge is 0.394 e. The molecule has 10 unspecified atom stereocenters. The van der Waals surface area contributed by atoms with Crippen molar-refractivity contribution in [1.82, 2.24) is 34.5 Å². The number of nitrogens with zero attached hydrogens (tertiary/aromatic N) is 5. The van der Waals surface area contributed by atoms with E-state index >= 15 is 8.78 Å². The van der Waals surface area contributed by atoms with E-state index in [1.54, 1.807) is 0 Å². The number of nitrogens with two attached hydrogens (primary N) is 2. The third-order valence-corrected chi connectivity index (χ3v) is 8.61. The molecule has 0 aliphatic carbocycles. The van der Waals surface area contributed by atoms with Crippen LogP contribution in [0.15, 0.2) is 22.2 Å². The Morgan fingerprint density at radius 2 is 1.83 bits per heavy atom. The lowest BCUT2D eigenvalue weighted by Gasteiger charge is -2.23. The zero-order chi connectivity index (χ0) is 33.8. The molecule has 0 saturated carbocycles. The van der Waals surface area contributed by atoms with Gasteiger partial charge in [0.2, 0.25) is 17.7 Å². The molecule has 2 fully saturated rings. The number of anilines is 2. The van der Waals surface area contributed by atoms with Gasteiger partial charge in [-0.05, 0) is 4.57 Å². The molecule has 0 spiro atoms. The molecule has 10 N–H and O–H groups in total. The zero-order valence-corrected chi connectivity index (χ0v) is 25.2. The Hall–Kier alpha value is -3.83. The molecule has 4 aromatic rings. The molecule has 2 aliphatic heterocycles. The predicted molar refractivity (Wildman–Crippen MR) is 149 cm³/mol. The van der Waals surface area contributed by atoms with Crippen LogP contribution in [-0.2, 0) is 32.4 Å². The number of imidazole rings is 2. The van der Waals surface area contributed by atoms with Crippen LogP contribution < -0.4 is 27.2 Å². The van der Waals surface area contributed by atoms with Gasteiger partial charge in [-0.2, -0.15) is 9.88 Å². The summed E-state index contributed by atoms with van der Waals surface area (Å²) in [5.74, 6) is -0.608. The largest absolute Gasteiger partial charge is 0.534 e. The highest BCUT2D eigenvalue weighted by Gasteiger charge is 2.53. The van der Waals surface area contributed by atoms with E-state index in [0.717, 1.165) is 21.8 Å². The van der Waals surface area contributed by atoms with Gasteiger partial charge in [0.25, 0.3) is 23.4 Å². The van der Waals surface area contributed by atoms with Gasteiger partial charge in [0, 0.05) is 0 Å². The molecule has 26 heteroatoms. The van der Waals surface area contributed by atoms with Gasteiger partial charge in [0.05, 0.1) is 19.5 Å². The lowest BCUT2D eigenvalue weighted by Crippen LogP contribution is -2.44. The number of H-pyrrole nitrogens is 3. The summed E-state index contributed by atoms with van der Waals surface area (Å²) >= 11 is 0. The summed E-state index contributed by atoms with van der Waals surface area (Å²) in [4.78, 5) is 62.8. The van der Waals surface area contributed by atoms with Crippen molar-refractivity contribution in [2.24, 2.45) is 0 Å². The molecule has 22 nitrogen and oxygen atoms in total. The number of fused-ring (bicyclic) bond motifs is 2. The number of rotatable bonds is 11. The molecule has 0 amide bonds. The van der Waals surface area contributed by atoms with Crippen molar-refractivity contribution in [3.8, 4) is 0 Å². The topological polar surface area (TPSA) is 322 Å². The highest BCUT2D eigenvalue weighted by atomic mass is 31.2. The number of phosphoric ester groups is 1. The van der Waals surface area contributed by atoms with Crippen LogP contribution in [0.2, 0.25) is 0 Å². The maximum atomic E-state index is 15.7. The van der Waals surface area contributed by atoms with Crippen LogP contribution >= 0.6 is 15.9 Å². The molecular formula is C21H26F2N10O12P2+2. The number of ether oxygens (including phenoxy) is 3. The number of aromatic amines is 3. The lowest BCUT2D eigenvalue weighted by atomic mass is 10.1. The standard InChI is InChI=1S/C21H24F2N10O12P2/c22-8-12(41-5-46(37)38)7(44-18(8)32-3-26-10-14(32)28-20(24)30-16(10)35)2-42-47(39,40)45-13-6(1-34)43-19(9(13)23)33-4-27-11-15(33)29-21(25)31-17(11)36/h3-4,6-9,12-13,18-19,34H,1-2,5H2,(H7-,24,25,28,29,30,31,35,36,37,38,39,40)/p+2. The van der Waals surface area contributed by atoms with E-state index in [0.29, 0.717) is 0 Å². The summed E-state index contributed by atoms with van der Waals surface area (Å²) in [7, 11) is -8.17. The minimum Gasteiger partial charge on any atom is -0.394 e. The number of hydrogen-bond acceptors (Lipinski definition) is 15. The van der Waals surface area contributed by atoms with Crippen molar-refractivity contribution in [3.63, 3.8) is 0 Å². The molecule has 6 heterocycles. The van der Waals surface area contributed by atoms with Gasteiger partial charge in [-0.1, -0.05) is 4.98 Å². The molecule has 254 valence electrons. The van der Waals surface area contributed by atoms with E-state index in [1.807, 2.05) is 0 Å². The van der Waals surface area contributed by atoms with Crippen molar-refractivity contribution in [2.75, 3.05) is 31.0 Å². The fraction of sp³-hybridized carbons (Fsp3) is 0.524. The van der Waals surface area contributed by atoms with Crippen LogP contribution in [-0.4, -0.2) is 106 Å². The Kier molecular flexibility index (Phi) is 8.90. The Morgan fingerprint density at radius 1 is 1.11 bits per heavy atom. The highest BCUT2D eigenvalue weighted by molar-refractivity contribution is 7.47. The number of alkyl halides is 2. The quantitative estimate of drug-likeness (QED) is 0.0609. The van der Waals surface area contributed by atoms with E-state index in [-0.39, 0.29) is 34.2 Å². The minimum absolute atomic E-state index is 0.0927. The fourth-order valence-corrected chi connectivity index (χ4v) is 6.51. The lowest BCUT2D eigenvalue weighted by molar-refractivity contribution is -0.743. The summed E-state index contributed by atoms with van der Waals surface area (Å²) in [6.07, 6.45) is -13.0. The third kappa shape index (κ3) is 6.27. The molecule has 2 saturated heterocycles. The first kappa shape index (κ1) is 33.1. The first-order valence-electron chi connectivity index (χ1n) is 13.4. The SMILES string of the molecule is Nc1nc2c(ncn2C2OC(CO)C(OP(=O)(O)OCC3OC([n+]4c[nH]c5c(=O)[nH]c(N)nc54)C(F)C3OC[P+](=O)O)C2F)c(=O)[nH]1. The third-order valence-electron chi connectivity index (χ3n) is 7.26. The van der Waals surface area contributed by atoms with E-state index in [1.165, 1.54) is 0 Å². The van der Waals surface area contributed by atoms with Crippen LogP contribution in [0.3, 0.4) is 0 Å². The number of aromatic nitrogens is 8. The van der Waals surface area contributed by atoms with Crippen molar-refractivity contribution in [2.45, 2.75) is 49.2 Å². The number of aliphatic hydroxyl groups is 1. The number of nitrogens with one attached hydrogen (secondary N) is 3. The molecule has 10 atom stereocenters. The summed E-state index contributed by atoms with van der Waals surface area (Å²) in [5.41, 5.74) is 9.16. The van der Waals surface area contributed by atoms with Gasteiger partial charge in [-0.25, -0.2) is 22.9 Å². The van der Waals surface area contributed by atoms with E-state index < -0.39 is 95.7 Å². The molecule has 47 heavy (non-hydrogen) atoms. The molecule has 4 aromatic heterocycles. The molecule has 2 aliphatic rings. The number of aliphatic hydroxyl groups excluding tert-OH is 1. The van der Waals surface area contributed by atoms with Crippen molar-refractivity contribution >= 4 is 50.1 Å². The van der Waals surface area contributed by atoms with Gasteiger partial charge in [-0.15, -0.1) is 0 Å². The predicted octanol–water partition coefficient (Wildman–Crippen LogP) is -2.12. The average molecular weight is 710 g/mol. The fourth-order valence-electron chi connectivity index (χ4n) is 5.26. The van der Waals surface area contributed by atoms with Crippen LogP contribution in [0, 0.1) is 0 Å². The summed E-state index contributed by atoms with van der Waals surface area (Å²) < 4.78 is 84.2. The second-order valence-corrected chi connectivity index (χ2v) is 12.6. The normalized spacial score (nSPS) is 29.5. The molecule has 0 aromatic carbocycles. The average Bonchev–Trinajstić information content (AvgIpc) is 3.75. The Labute approximate surface area is 259 Å². The second-order valence-electron chi connectivity index (χ2n) is 10.3. The number of hydrogen-bond donors (Lipinski definition) is 8. The molecular weight excluding hydrogens is 684 g/mol. The zero-order valence-electron chi connectivity index (χ0n) is 23.5. The van der Waals surface area contributed by atoms with Crippen LogP contribution in [0.5, 0.6) is 0 Å². The summed E-state index contributed by atoms with van der Waals surface area (Å²) in [6, 6.07) is 0. The van der Waals surface area contributed by atoms with Crippen LogP contribution in [0.1, 0.15) is 12.5 Å². The van der Waals surface area contributed by atoms with Gasteiger partial charge in [-0.3, -0.25) is 38.2 Å². The van der Waals surface area contributed by atoms with Gasteiger partial charge >= 0.3 is 21.5 Å². The highest BCUT2D eigenvalue weighted by Crippen LogP contribution is 2.50. The van der Waals surface area contributed by atoms with Crippen LogP contribution in [0.25, 0.3) is 22.3 Å². The number of phosphoric acid groups is 1. The first-order valence-corrected chi connectivity index (χ1v) is 16.3. The second kappa shape index (κ2) is 12.6. The van der Waals surface area contributed by atoms with Crippen molar-refractivity contribution in [1.29, 1.82) is 0 Å². The minimum atomic E-state index is -5.26. The van der Waals surface area contributed by atoms with Gasteiger partial charge in [0.1, 0.15) is 24.4 Å². The van der Waals surface area contributed by atoms with Gasteiger partial charge < -0.3 is 35.7 Å². The molecule has 6 rings (SSSR count). The maximum absolute atomic E-state index is 15.7. The van der Waals surface area contributed by atoms with E-state index in [4.69, 9.17) is 34.7 Å².